The van der Waals surface area contributed by atoms with Crippen LogP contribution >= 0.6 is 11.6 Å². The third-order valence-electron chi connectivity index (χ3n) is 4.22. The van der Waals surface area contributed by atoms with Gasteiger partial charge < -0.3 is 10.2 Å². The molecule has 2 rings (SSSR count). The summed E-state index contributed by atoms with van der Waals surface area (Å²) >= 11 is 6.44. The number of rotatable bonds is 5. The highest BCUT2D eigenvalue weighted by Gasteiger charge is 2.21. The van der Waals surface area contributed by atoms with Gasteiger partial charge in [-0.3, -0.25) is 0 Å². The fraction of sp³-hybridized carbons (Fsp3) is 0.647. The third kappa shape index (κ3) is 3.89. The number of piperidine rings is 1. The van der Waals surface area contributed by atoms with Crippen LogP contribution in [0.3, 0.4) is 0 Å². The Hall–Kier alpha value is -0.730. The van der Waals surface area contributed by atoms with Crippen molar-refractivity contribution in [1.29, 1.82) is 0 Å². The fourth-order valence-electron chi connectivity index (χ4n) is 2.94. The minimum atomic E-state index is 0.476. The van der Waals surface area contributed by atoms with Gasteiger partial charge in [0.05, 0.1) is 0 Å². The van der Waals surface area contributed by atoms with E-state index in [-0.39, 0.29) is 0 Å². The summed E-state index contributed by atoms with van der Waals surface area (Å²) in [5.41, 5.74) is 2.57. The molecule has 3 heteroatoms. The monoisotopic (exact) mass is 294 g/mol. The SMILES string of the molecule is CCC1CCCN(c2cccc(Cl)c2CNC(C)C)C1. The Morgan fingerprint density at radius 2 is 2.20 bits per heavy atom. The first-order chi connectivity index (χ1) is 9.61. The molecular weight excluding hydrogens is 268 g/mol. The second kappa shape index (κ2) is 7.33. The molecule has 1 aromatic rings. The molecule has 1 aliphatic heterocycles. The van der Waals surface area contributed by atoms with Crippen LogP contribution in [0.1, 0.15) is 45.6 Å². The minimum absolute atomic E-state index is 0.476. The molecule has 1 atom stereocenters. The number of benzene rings is 1. The molecule has 2 nitrogen and oxygen atoms in total. The number of anilines is 1. The maximum Gasteiger partial charge on any atom is 0.0471 e. The van der Waals surface area contributed by atoms with E-state index in [1.165, 1.54) is 37.1 Å². The van der Waals surface area contributed by atoms with Gasteiger partial charge in [0.15, 0.2) is 0 Å². The van der Waals surface area contributed by atoms with Crippen LogP contribution in [0, 0.1) is 5.92 Å². The van der Waals surface area contributed by atoms with Crippen molar-refractivity contribution < 1.29 is 0 Å². The number of hydrogen-bond donors (Lipinski definition) is 1. The van der Waals surface area contributed by atoms with Gasteiger partial charge in [-0.1, -0.05) is 44.9 Å². The molecule has 112 valence electrons. The Balaban J connectivity index is 2.19. The van der Waals surface area contributed by atoms with Crippen LogP contribution in [0.15, 0.2) is 18.2 Å². The van der Waals surface area contributed by atoms with Gasteiger partial charge in [-0.25, -0.2) is 0 Å². The number of halogens is 1. The first-order valence-corrected chi connectivity index (χ1v) is 8.25. The van der Waals surface area contributed by atoms with Crippen molar-refractivity contribution in [2.45, 2.75) is 52.6 Å². The van der Waals surface area contributed by atoms with Gasteiger partial charge in [-0.15, -0.1) is 0 Å². The third-order valence-corrected chi connectivity index (χ3v) is 4.57. The van der Waals surface area contributed by atoms with Gasteiger partial charge in [-0.05, 0) is 30.9 Å². The van der Waals surface area contributed by atoms with E-state index in [2.05, 4.69) is 43.1 Å². The largest absolute Gasteiger partial charge is 0.371 e. The summed E-state index contributed by atoms with van der Waals surface area (Å²) in [6, 6.07) is 6.78. The molecule has 0 amide bonds. The van der Waals surface area contributed by atoms with Gasteiger partial charge in [0.1, 0.15) is 0 Å². The van der Waals surface area contributed by atoms with Crippen LogP contribution in [0.2, 0.25) is 5.02 Å². The Morgan fingerprint density at radius 3 is 2.90 bits per heavy atom. The van der Waals surface area contributed by atoms with Crippen molar-refractivity contribution >= 4 is 17.3 Å². The second-order valence-corrected chi connectivity index (χ2v) is 6.54. The minimum Gasteiger partial charge on any atom is -0.371 e. The van der Waals surface area contributed by atoms with Crippen molar-refractivity contribution in [3.63, 3.8) is 0 Å². The summed E-state index contributed by atoms with van der Waals surface area (Å²) < 4.78 is 0. The smallest absolute Gasteiger partial charge is 0.0471 e. The fourth-order valence-corrected chi connectivity index (χ4v) is 3.18. The summed E-state index contributed by atoms with van der Waals surface area (Å²) in [7, 11) is 0. The Morgan fingerprint density at radius 1 is 1.40 bits per heavy atom. The molecule has 1 unspecified atom stereocenters. The molecule has 0 spiro atoms. The van der Waals surface area contributed by atoms with E-state index in [1.807, 2.05) is 6.07 Å². The van der Waals surface area contributed by atoms with Crippen LogP contribution in [0.25, 0.3) is 0 Å². The van der Waals surface area contributed by atoms with E-state index >= 15 is 0 Å². The molecule has 1 saturated heterocycles. The summed E-state index contributed by atoms with van der Waals surface area (Å²) in [4.78, 5) is 2.53. The predicted octanol–water partition coefficient (Wildman–Crippen LogP) is 4.46. The van der Waals surface area contributed by atoms with Gasteiger partial charge in [0, 0.05) is 41.9 Å². The molecule has 1 heterocycles. The highest BCUT2D eigenvalue weighted by molar-refractivity contribution is 6.31. The first kappa shape index (κ1) is 15.7. The maximum absolute atomic E-state index is 6.44. The zero-order chi connectivity index (χ0) is 14.5. The van der Waals surface area contributed by atoms with Crippen molar-refractivity contribution in [1.82, 2.24) is 5.32 Å². The van der Waals surface area contributed by atoms with Gasteiger partial charge in [-0.2, -0.15) is 0 Å². The van der Waals surface area contributed by atoms with Crippen LogP contribution < -0.4 is 10.2 Å². The Bertz CT molecular complexity index is 431. The van der Waals surface area contributed by atoms with Crippen LogP contribution in [-0.2, 0) is 6.54 Å². The van der Waals surface area contributed by atoms with Gasteiger partial charge in [0.25, 0.3) is 0 Å². The molecule has 0 radical (unpaired) electrons. The van der Waals surface area contributed by atoms with Crippen molar-refractivity contribution in [2.24, 2.45) is 5.92 Å². The lowest BCUT2D eigenvalue weighted by molar-refractivity contribution is 0.404. The zero-order valence-corrected chi connectivity index (χ0v) is 13.7. The zero-order valence-electron chi connectivity index (χ0n) is 13.0. The van der Waals surface area contributed by atoms with Crippen LogP contribution in [-0.4, -0.2) is 19.1 Å². The summed E-state index contributed by atoms with van der Waals surface area (Å²) in [5, 5.41) is 4.38. The average molecular weight is 295 g/mol. The average Bonchev–Trinajstić information content (AvgIpc) is 2.45. The van der Waals surface area contributed by atoms with Crippen LogP contribution in [0.5, 0.6) is 0 Å². The lowest BCUT2D eigenvalue weighted by Crippen LogP contribution is -2.36. The van der Waals surface area contributed by atoms with E-state index < -0.39 is 0 Å². The predicted molar refractivity (Wildman–Crippen MR) is 88.7 cm³/mol. The summed E-state index contributed by atoms with van der Waals surface area (Å²) in [5.74, 6) is 0.827. The second-order valence-electron chi connectivity index (χ2n) is 6.14. The van der Waals surface area contributed by atoms with E-state index in [0.29, 0.717) is 6.04 Å². The topological polar surface area (TPSA) is 15.3 Å². The van der Waals surface area contributed by atoms with Crippen molar-refractivity contribution in [2.75, 3.05) is 18.0 Å². The van der Waals surface area contributed by atoms with E-state index in [0.717, 1.165) is 24.0 Å². The summed E-state index contributed by atoms with van der Waals surface area (Å²) in [6.07, 6.45) is 3.94. The Kier molecular flexibility index (Phi) is 5.74. The normalized spacial score (nSPS) is 19.6. The number of nitrogens with one attached hydrogen (secondary N) is 1. The van der Waals surface area contributed by atoms with Crippen molar-refractivity contribution in [3.05, 3.63) is 28.8 Å². The van der Waals surface area contributed by atoms with Gasteiger partial charge >= 0.3 is 0 Å². The maximum atomic E-state index is 6.44. The van der Waals surface area contributed by atoms with E-state index in [9.17, 15) is 0 Å². The highest BCUT2D eigenvalue weighted by atomic mass is 35.5. The quantitative estimate of drug-likeness (QED) is 0.862. The van der Waals surface area contributed by atoms with Crippen LogP contribution in [0.4, 0.5) is 5.69 Å². The molecule has 0 saturated carbocycles. The lowest BCUT2D eigenvalue weighted by Gasteiger charge is -2.35. The van der Waals surface area contributed by atoms with Crippen molar-refractivity contribution in [3.8, 4) is 0 Å². The number of hydrogen-bond acceptors (Lipinski definition) is 2. The number of nitrogens with zero attached hydrogens (tertiary/aromatic N) is 1. The highest BCUT2D eigenvalue weighted by Crippen LogP contribution is 2.31. The van der Waals surface area contributed by atoms with E-state index in [4.69, 9.17) is 11.6 Å². The molecule has 0 bridgehead atoms. The molecule has 1 N–H and O–H groups in total. The molecule has 1 fully saturated rings. The molecule has 0 aliphatic carbocycles. The molecule has 1 aliphatic rings. The molecule has 0 aromatic heterocycles. The summed E-state index contributed by atoms with van der Waals surface area (Å²) in [6.45, 7) is 9.82. The van der Waals surface area contributed by atoms with E-state index in [1.54, 1.807) is 0 Å². The first-order valence-electron chi connectivity index (χ1n) is 7.87. The Labute approximate surface area is 128 Å². The van der Waals surface area contributed by atoms with Gasteiger partial charge in [0.2, 0.25) is 0 Å². The molecular formula is C17H27ClN2. The standard InChI is InChI=1S/C17H27ClN2/c1-4-14-7-6-10-20(12-14)17-9-5-8-16(18)15(17)11-19-13(2)3/h5,8-9,13-14,19H,4,6-7,10-12H2,1-3H3. The molecule has 20 heavy (non-hydrogen) atoms. The lowest BCUT2D eigenvalue weighted by atomic mass is 9.94. The molecule has 1 aromatic carbocycles.